The first-order chi connectivity index (χ1) is 14.4. The van der Waals surface area contributed by atoms with Crippen molar-refractivity contribution in [1.82, 2.24) is 10.1 Å². The smallest absolute Gasteiger partial charge is 0.263 e. The molecule has 9 heteroatoms. The summed E-state index contributed by atoms with van der Waals surface area (Å²) in [5.41, 5.74) is 2.97. The van der Waals surface area contributed by atoms with Gasteiger partial charge in [-0.25, -0.2) is 13.4 Å². The number of hydrogen-bond acceptors (Lipinski definition) is 7. The summed E-state index contributed by atoms with van der Waals surface area (Å²) in [6.45, 7) is 3.61. The molecule has 2 aromatic heterocycles. The monoisotopic (exact) mass is 436 g/mol. The second-order valence-electron chi connectivity index (χ2n) is 6.57. The third-order valence-corrected chi connectivity index (χ3v) is 6.96. The van der Waals surface area contributed by atoms with Gasteiger partial charge in [0.2, 0.25) is 0 Å². The largest absolute Gasteiger partial charge is 0.353 e. The average Bonchev–Trinajstić information content (AvgIpc) is 3.31. The average molecular weight is 437 g/mol. The Labute approximate surface area is 177 Å². The van der Waals surface area contributed by atoms with E-state index >= 15 is 0 Å². The molecule has 0 unspecified atom stereocenters. The van der Waals surface area contributed by atoms with Gasteiger partial charge in [0.25, 0.3) is 10.0 Å². The third kappa shape index (κ3) is 3.70. The lowest BCUT2D eigenvalue weighted by Crippen LogP contribution is -2.12. The van der Waals surface area contributed by atoms with E-state index in [-0.39, 0.29) is 21.4 Å². The van der Waals surface area contributed by atoms with Crippen LogP contribution in [0.4, 0.5) is 5.13 Å². The molecule has 0 spiro atoms. The van der Waals surface area contributed by atoms with Gasteiger partial charge in [-0.05, 0) is 26.0 Å². The van der Waals surface area contributed by atoms with Gasteiger partial charge in [0.1, 0.15) is 17.3 Å². The van der Waals surface area contributed by atoms with Gasteiger partial charge in [0.05, 0.1) is 15.5 Å². The standard InChI is InChI=1S/C21H16N4O3S2/c1-13-8-10-16(11-9-13)30(26,27)25-21-23-14(2)20(29-21)19-17(12-22)18(24-28-19)15-6-4-3-5-7-15/h3-11H,1-2H3,(H,23,25). The summed E-state index contributed by atoms with van der Waals surface area (Å²) in [4.78, 5) is 4.99. The number of sulfonamides is 1. The second-order valence-corrected chi connectivity index (χ2v) is 9.25. The van der Waals surface area contributed by atoms with E-state index in [1.807, 2.05) is 37.3 Å². The summed E-state index contributed by atoms with van der Waals surface area (Å²) >= 11 is 1.09. The summed E-state index contributed by atoms with van der Waals surface area (Å²) < 4.78 is 33.3. The van der Waals surface area contributed by atoms with Crippen LogP contribution in [0.2, 0.25) is 0 Å². The number of benzene rings is 2. The van der Waals surface area contributed by atoms with Crippen molar-refractivity contribution in [2.45, 2.75) is 18.7 Å². The molecule has 7 nitrogen and oxygen atoms in total. The van der Waals surface area contributed by atoms with Crippen molar-refractivity contribution >= 4 is 26.5 Å². The molecule has 2 heterocycles. The van der Waals surface area contributed by atoms with Crippen molar-refractivity contribution in [3.63, 3.8) is 0 Å². The van der Waals surface area contributed by atoms with Crippen molar-refractivity contribution in [2.24, 2.45) is 0 Å². The molecule has 0 aliphatic heterocycles. The molecule has 2 aromatic carbocycles. The Bertz CT molecular complexity index is 1350. The van der Waals surface area contributed by atoms with E-state index in [0.717, 1.165) is 22.5 Å². The molecule has 4 aromatic rings. The lowest BCUT2D eigenvalue weighted by atomic mass is 10.1. The maximum Gasteiger partial charge on any atom is 0.263 e. The molecular formula is C21H16N4O3S2. The lowest BCUT2D eigenvalue weighted by molar-refractivity contribution is 0.435. The molecule has 0 atom stereocenters. The summed E-state index contributed by atoms with van der Waals surface area (Å²) in [5, 5.41) is 13.9. The van der Waals surface area contributed by atoms with Gasteiger partial charge in [0.15, 0.2) is 10.9 Å². The highest BCUT2D eigenvalue weighted by Crippen LogP contribution is 2.38. The predicted molar refractivity (Wildman–Crippen MR) is 114 cm³/mol. The van der Waals surface area contributed by atoms with Crippen LogP contribution in [0.15, 0.2) is 64.0 Å². The Morgan fingerprint density at radius 3 is 2.43 bits per heavy atom. The zero-order valence-corrected chi connectivity index (χ0v) is 17.7. The predicted octanol–water partition coefficient (Wildman–Crippen LogP) is 4.75. The van der Waals surface area contributed by atoms with Gasteiger partial charge in [0, 0.05) is 5.56 Å². The Balaban J connectivity index is 1.69. The van der Waals surface area contributed by atoms with Crippen molar-refractivity contribution in [2.75, 3.05) is 4.72 Å². The van der Waals surface area contributed by atoms with E-state index < -0.39 is 10.0 Å². The molecule has 1 N–H and O–H groups in total. The van der Waals surface area contributed by atoms with Crippen LogP contribution in [-0.4, -0.2) is 18.6 Å². The van der Waals surface area contributed by atoms with E-state index in [4.69, 9.17) is 4.52 Å². The van der Waals surface area contributed by atoms with Gasteiger partial charge in [-0.2, -0.15) is 5.26 Å². The SMILES string of the molecule is Cc1ccc(S(=O)(=O)Nc2nc(C)c(-c3onc(-c4ccccc4)c3C#N)s2)cc1. The first-order valence-electron chi connectivity index (χ1n) is 8.91. The minimum absolute atomic E-state index is 0.145. The number of nitrogens with zero attached hydrogens (tertiary/aromatic N) is 3. The highest BCUT2D eigenvalue weighted by Gasteiger charge is 2.24. The van der Waals surface area contributed by atoms with Crippen LogP contribution in [0.5, 0.6) is 0 Å². The molecule has 0 saturated heterocycles. The number of rotatable bonds is 5. The molecule has 0 amide bonds. The van der Waals surface area contributed by atoms with Gasteiger partial charge >= 0.3 is 0 Å². The highest BCUT2D eigenvalue weighted by molar-refractivity contribution is 7.93. The number of thiazole rings is 1. The molecule has 0 aliphatic rings. The fourth-order valence-electron chi connectivity index (χ4n) is 2.88. The van der Waals surface area contributed by atoms with Crippen LogP contribution in [0.1, 0.15) is 16.8 Å². The number of hydrogen-bond donors (Lipinski definition) is 1. The second kappa shape index (κ2) is 7.74. The molecule has 0 saturated carbocycles. The van der Waals surface area contributed by atoms with Gasteiger partial charge < -0.3 is 4.52 Å². The minimum atomic E-state index is -3.78. The normalized spacial score (nSPS) is 11.2. The maximum absolute atomic E-state index is 12.6. The van der Waals surface area contributed by atoms with Crippen LogP contribution in [-0.2, 0) is 10.0 Å². The fourth-order valence-corrected chi connectivity index (χ4v) is 5.07. The zero-order valence-electron chi connectivity index (χ0n) is 16.1. The molecule has 4 rings (SSSR count). The Hall–Kier alpha value is -3.48. The summed E-state index contributed by atoms with van der Waals surface area (Å²) in [6.07, 6.45) is 0. The van der Waals surface area contributed by atoms with Crippen LogP contribution in [0.3, 0.4) is 0 Å². The topological polar surface area (TPSA) is 109 Å². The molecular weight excluding hydrogens is 420 g/mol. The van der Waals surface area contributed by atoms with E-state index in [9.17, 15) is 13.7 Å². The minimum Gasteiger partial charge on any atom is -0.353 e. The summed E-state index contributed by atoms with van der Waals surface area (Å²) in [6, 6.07) is 17.9. The van der Waals surface area contributed by atoms with Crippen LogP contribution < -0.4 is 4.72 Å². The Kier molecular flexibility index (Phi) is 5.11. The fraction of sp³-hybridized carbons (Fsp3) is 0.0952. The molecule has 0 aliphatic carbocycles. The van der Waals surface area contributed by atoms with E-state index in [2.05, 4.69) is 20.9 Å². The molecule has 150 valence electrons. The highest BCUT2D eigenvalue weighted by atomic mass is 32.2. The van der Waals surface area contributed by atoms with Crippen LogP contribution in [0, 0.1) is 25.2 Å². The number of aromatic nitrogens is 2. The summed E-state index contributed by atoms with van der Waals surface area (Å²) in [7, 11) is -3.78. The Morgan fingerprint density at radius 2 is 1.77 bits per heavy atom. The lowest BCUT2D eigenvalue weighted by Gasteiger charge is -2.05. The molecule has 30 heavy (non-hydrogen) atoms. The van der Waals surface area contributed by atoms with Crippen LogP contribution >= 0.6 is 11.3 Å². The zero-order chi connectivity index (χ0) is 21.3. The first-order valence-corrected chi connectivity index (χ1v) is 11.2. The Morgan fingerprint density at radius 1 is 1.07 bits per heavy atom. The van der Waals surface area contributed by atoms with E-state index in [1.165, 1.54) is 12.1 Å². The number of aryl methyl sites for hydroxylation is 2. The van der Waals surface area contributed by atoms with Crippen LogP contribution in [0.25, 0.3) is 21.9 Å². The third-order valence-electron chi connectivity index (χ3n) is 4.41. The van der Waals surface area contributed by atoms with Gasteiger partial charge in [-0.3, -0.25) is 4.72 Å². The van der Waals surface area contributed by atoms with Crippen molar-refractivity contribution in [1.29, 1.82) is 5.26 Å². The first kappa shape index (κ1) is 19.8. The van der Waals surface area contributed by atoms with E-state index in [0.29, 0.717) is 16.3 Å². The molecule has 0 bridgehead atoms. The number of nitrogens with one attached hydrogen (secondary N) is 1. The number of nitriles is 1. The van der Waals surface area contributed by atoms with Crippen molar-refractivity contribution < 1.29 is 12.9 Å². The van der Waals surface area contributed by atoms with E-state index in [1.54, 1.807) is 19.1 Å². The van der Waals surface area contributed by atoms with Gasteiger partial charge in [-0.15, -0.1) is 0 Å². The molecule has 0 radical (unpaired) electrons. The van der Waals surface area contributed by atoms with Gasteiger partial charge in [-0.1, -0.05) is 64.5 Å². The number of anilines is 1. The van der Waals surface area contributed by atoms with Crippen molar-refractivity contribution in [3.8, 4) is 28.0 Å². The molecule has 0 fully saturated rings. The van der Waals surface area contributed by atoms with Crippen molar-refractivity contribution in [3.05, 3.63) is 71.4 Å². The maximum atomic E-state index is 12.6. The summed E-state index contributed by atoms with van der Waals surface area (Å²) in [5.74, 6) is 0.270. The quantitative estimate of drug-likeness (QED) is 0.483.